The molecule has 3 aromatic rings. The molecule has 0 bridgehead atoms. The van der Waals surface area contributed by atoms with Crippen molar-refractivity contribution >= 4 is 37.5 Å². The average Bonchev–Trinajstić information content (AvgIpc) is 3.64. The lowest BCUT2D eigenvalue weighted by Crippen LogP contribution is -2.51. The summed E-state index contributed by atoms with van der Waals surface area (Å²) < 4.78 is 48.4. The van der Waals surface area contributed by atoms with Gasteiger partial charge < -0.3 is 24.7 Å². The first-order valence-corrected chi connectivity index (χ1v) is 23.6. The van der Waals surface area contributed by atoms with Crippen LogP contribution in [0.25, 0.3) is 0 Å². The van der Waals surface area contributed by atoms with E-state index in [1.165, 1.54) is 32.3 Å². The highest BCUT2D eigenvalue weighted by Crippen LogP contribution is 2.44. The molecule has 1 aromatic carbocycles. The van der Waals surface area contributed by atoms with Crippen LogP contribution < -0.4 is 22.7 Å². The molecule has 8 atom stereocenters. The zero-order valence-corrected chi connectivity index (χ0v) is 41.0. The lowest BCUT2D eigenvalue weighted by molar-refractivity contribution is -0.164. The van der Waals surface area contributed by atoms with Gasteiger partial charge in [0.1, 0.15) is 18.0 Å². The molecule has 5 rings (SSSR count). The van der Waals surface area contributed by atoms with E-state index in [-0.39, 0.29) is 47.4 Å². The normalized spacial score (nSPS) is 25.1. The number of nitrogens with zero attached hydrogens (tertiary/aromatic N) is 5. The Balaban J connectivity index is 0.000000261. The van der Waals surface area contributed by atoms with Gasteiger partial charge in [-0.3, -0.25) is 28.5 Å². The smallest absolute Gasteiger partial charge is 0.352 e. The number of aromatic amines is 1. The first-order chi connectivity index (χ1) is 30.0. The molecule has 0 aliphatic carbocycles. The summed E-state index contributed by atoms with van der Waals surface area (Å²) in [7, 11) is 1.94. The third-order valence-electron chi connectivity index (χ3n) is 11.3. The highest BCUT2D eigenvalue weighted by atomic mass is 35.7. The van der Waals surface area contributed by atoms with Gasteiger partial charge in [0, 0.05) is 54.8 Å². The van der Waals surface area contributed by atoms with Crippen LogP contribution in [-0.4, -0.2) is 63.9 Å². The summed E-state index contributed by atoms with van der Waals surface area (Å²) in [5.41, 5.74) is 2.60. The van der Waals surface area contributed by atoms with Crippen LogP contribution in [0.1, 0.15) is 131 Å². The number of nitrogens with two attached hydrogens (primary N) is 1. The molecule has 18 nitrogen and oxygen atoms in total. The fourth-order valence-electron chi connectivity index (χ4n) is 8.23. The Morgan fingerprint density at radius 3 is 1.52 bits per heavy atom. The minimum atomic E-state index is -3.72. The third-order valence-corrected chi connectivity index (χ3v) is 12.7. The molecule has 2 fully saturated rings. The van der Waals surface area contributed by atoms with Crippen molar-refractivity contribution in [1.29, 1.82) is 10.5 Å². The summed E-state index contributed by atoms with van der Waals surface area (Å²) >= 11 is 0. The maximum atomic E-state index is 12.2. The number of hydrogen-bond donors (Lipinski definition) is 2. The predicted octanol–water partition coefficient (Wildman–Crippen LogP) is 5.94. The van der Waals surface area contributed by atoms with E-state index < -0.39 is 67.7 Å². The number of nitrogens with one attached hydrogen (secondary N) is 1. The number of rotatable bonds is 10. The second kappa shape index (κ2) is 21.3. The molecule has 0 spiro atoms. The molecular weight excluding hydrogens is 882 g/mol. The van der Waals surface area contributed by atoms with Crippen LogP contribution in [0.4, 0.5) is 5.82 Å². The molecule has 3 N–H and O–H groups in total. The van der Waals surface area contributed by atoms with Crippen molar-refractivity contribution in [1.82, 2.24) is 19.1 Å². The molecule has 2 saturated heterocycles. The van der Waals surface area contributed by atoms with Gasteiger partial charge in [0.2, 0.25) is 0 Å². The summed E-state index contributed by atoms with van der Waals surface area (Å²) in [6, 6.07) is 10.4. The van der Waals surface area contributed by atoms with Crippen molar-refractivity contribution in [2.24, 2.45) is 23.7 Å². The molecule has 0 radical (unpaired) electrons. The number of carbonyl (C=O) groups is 2. The molecule has 20 heteroatoms. The van der Waals surface area contributed by atoms with Gasteiger partial charge in [0.25, 0.3) is 26.1 Å². The van der Waals surface area contributed by atoms with E-state index in [1.807, 2.05) is 86.6 Å². The quantitative estimate of drug-likeness (QED) is 0.176. The number of nitriles is 2. The van der Waals surface area contributed by atoms with Crippen LogP contribution in [-0.2, 0) is 49.0 Å². The number of aromatic nitrogens is 4. The number of benzene rings is 1. The zero-order chi connectivity index (χ0) is 49.7. The number of esters is 2. The first-order valence-electron chi connectivity index (χ1n) is 21.3. The van der Waals surface area contributed by atoms with Gasteiger partial charge in [-0.25, -0.2) is 18.0 Å². The fourth-order valence-corrected chi connectivity index (χ4v) is 9.92. The highest BCUT2D eigenvalue weighted by Gasteiger charge is 2.60. The van der Waals surface area contributed by atoms with Gasteiger partial charge in [-0.1, -0.05) is 95.2 Å². The molecular formula is C45H62ClN7O11S. The predicted molar refractivity (Wildman–Crippen MR) is 242 cm³/mol. The van der Waals surface area contributed by atoms with Crippen molar-refractivity contribution in [2.45, 2.75) is 155 Å². The lowest BCUT2D eigenvalue weighted by Gasteiger charge is -2.29. The molecule has 0 saturated carbocycles. The van der Waals surface area contributed by atoms with E-state index in [1.54, 1.807) is 6.92 Å². The monoisotopic (exact) mass is 943 g/mol. The van der Waals surface area contributed by atoms with Crippen LogP contribution in [0, 0.1) is 46.3 Å². The average molecular weight is 945 g/mol. The number of nitrogen functional groups attached to an aromatic ring is 1. The standard InChI is InChI=1S/C15H23ClO2S.C15H20N4O4.C15H19N3O5/c1-9(2)12-7-13(10(3)4)15(19(16,17)18)14(8-12)11(5)6;1-8(2)12-9(3)13(22-10(4)20)15(7-16,23-12)19-6-5-11(17)18-14(19)21;1-8(2)12-9(3)13(22-10(4)19)15(7-16,23-12)18-6-5-11(20)17-14(18)21/h7-11H,1-6H3;5-6,8-9,12-13H,1-4H3,(H2,17,18,21);5-6,8-9,12-13H,1-4H3,(H,17,20,21)/t;2*9-,12-,13+,15-/m.11/s1. The number of H-pyrrole nitrogens is 1. The van der Waals surface area contributed by atoms with E-state index in [0.717, 1.165) is 31.9 Å². The molecule has 2 aliphatic heterocycles. The summed E-state index contributed by atoms with van der Waals surface area (Å²) in [6.07, 6.45) is -0.140. The lowest BCUT2D eigenvalue weighted by atomic mass is 9.89. The second-order valence-electron chi connectivity index (χ2n) is 18.0. The number of carbonyl (C=O) groups excluding carboxylic acids is 2. The van der Waals surface area contributed by atoms with E-state index in [9.17, 15) is 42.9 Å². The molecule has 2 aliphatic rings. The maximum absolute atomic E-state index is 12.2. The summed E-state index contributed by atoms with van der Waals surface area (Å²) in [5.74, 6) is -0.956. The van der Waals surface area contributed by atoms with E-state index in [0.29, 0.717) is 10.8 Å². The highest BCUT2D eigenvalue weighted by molar-refractivity contribution is 8.13. The Morgan fingerprint density at radius 1 is 0.785 bits per heavy atom. The Hall–Kier alpha value is -5.34. The first kappa shape index (κ1) is 54.0. The number of anilines is 1. The Kier molecular flexibility index (Phi) is 17.7. The minimum Gasteiger partial charge on any atom is -0.456 e. The maximum Gasteiger partial charge on any atom is 0.352 e. The van der Waals surface area contributed by atoms with Gasteiger partial charge in [-0.2, -0.15) is 15.5 Å². The van der Waals surface area contributed by atoms with Gasteiger partial charge in [0.15, 0.2) is 12.2 Å². The van der Waals surface area contributed by atoms with Crippen LogP contribution in [0.2, 0.25) is 0 Å². The fraction of sp³-hybridized carbons (Fsp3) is 0.600. The van der Waals surface area contributed by atoms with Gasteiger partial charge >= 0.3 is 23.3 Å². The van der Waals surface area contributed by atoms with Crippen LogP contribution >= 0.6 is 10.7 Å². The van der Waals surface area contributed by atoms with Crippen molar-refractivity contribution in [3.63, 3.8) is 0 Å². The Labute approximate surface area is 384 Å². The molecule has 0 unspecified atom stereocenters. The van der Waals surface area contributed by atoms with Crippen LogP contribution in [0.15, 0.2) is 55.9 Å². The van der Waals surface area contributed by atoms with E-state index >= 15 is 0 Å². The SMILES string of the molecule is CC(=O)O[C@H]1[C@H](C)[C@@H](C(C)C)O[C@@]1(C#N)n1ccc(=O)[nH]c1=O.CC(=O)O[C@H]1[C@H](C)[C@@H](C(C)C)O[C@@]1(C#N)n1ccc(N)nc1=O.CC(C)c1cc(C(C)C)c(S(=O)(=O)Cl)c(C(C)C)c1. The summed E-state index contributed by atoms with van der Waals surface area (Å²) in [5, 5.41) is 19.5. The second-order valence-corrected chi connectivity index (χ2v) is 20.5. The van der Waals surface area contributed by atoms with Gasteiger partial charge in [-0.15, -0.1) is 0 Å². The topological polar surface area (TPSA) is 269 Å². The Bertz CT molecular complexity index is 2560. The Morgan fingerprint density at radius 2 is 1.20 bits per heavy atom. The molecule has 4 heterocycles. The number of ether oxygens (including phenoxy) is 4. The van der Waals surface area contributed by atoms with Crippen LogP contribution in [0.3, 0.4) is 0 Å². The van der Waals surface area contributed by atoms with Gasteiger partial charge in [0.05, 0.1) is 17.1 Å². The number of halogens is 1. The van der Waals surface area contributed by atoms with Crippen LogP contribution in [0.5, 0.6) is 0 Å². The van der Waals surface area contributed by atoms with Crippen molar-refractivity contribution in [3.05, 3.63) is 84.7 Å². The summed E-state index contributed by atoms with van der Waals surface area (Å²) in [6.45, 7) is 26.0. The zero-order valence-electron chi connectivity index (χ0n) is 39.4. The third kappa shape index (κ3) is 11.7. The van der Waals surface area contributed by atoms with Crippen molar-refractivity contribution < 1.29 is 37.0 Å². The molecule has 0 amide bonds. The molecule has 2 aromatic heterocycles. The molecule has 65 heavy (non-hydrogen) atoms. The van der Waals surface area contributed by atoms with Crippen molar-refractivity contribution in [2.75, 3.05) is 5.73 Å². The van der Waals surface area contributed by atoms with E-state index in [2.05, 4.69) is 23.8 Å². The van der Waals surface area contributed by atoms with E-state index in [4.69, 9.17) is 35.4 Å². The largest absolute Gasteiger partial charge is 0.456 e. The van der Waals surface area contributed by atoms with Crippen molar-refractivity contribution in [3.8, 4) is 12.1 Å². The number of hydrogen-bond acceptors (Lipinski definition) is 15. The van der Waals surface area contributed by atoms with Gasteiger partial charge in [-0.05, 0) is 52.3 Å². The summed E-state index contributed by atoms with van der Waals surface area (Å²) in [4.78, 5) is 64.6. The minimum absolute atomic E-state index is 0.0369. The molecule has 356 valence electrons.